The Morgan fingerprint density at radius 3 is 2.75 bits per heavy atom. The predicted octanol–water partition coefficient (Wildman–Crippen LogP) is 0.247. The molecule has 20 heavy (non-hydrogen) atoms. The summed E-state index contributed by atoms with van der Waals surface area (Å²) in [6.07, 6.45) is 5.49. The lowest BCUT2D eigenvalue weighted by Gasteiger charge is -2.33. The maximum absolute atomic E-state index is 11.7. The summed E-state index contributed by atoms with van der Waals surface area (Å²) >= 11 is 0. The van der Waals surface area contributed by atoms with Gasteiger partial charge in [0.25, 0.3) is 0 Å². The van der Waals surface area contributed by atoms with Gasteiger partial charge in [-0.05, 0) is 17.5 Å². The van der Waals surface area contributed by atoms with Crippen LogP contribution >= 0.6 is 0 Å². The fraction of sp³-hybridized carbons (Fsp3) is 0.333. The van der Waals surface area contributed by atoms with Gasteiger partial charge in [0, 0.05) is 6.54 Å². The third-order valence-corrected chi connectivity index (χ3v) is 3.37. The Bertz CT molecular complexity index is 562. The highest BCUT2D eigenvalue weighted by Crippen LogP contribution is 2.23. The lowest BCUT2D eigenvalue weighted by atomic mass is 9.94. The monoisotopic (exact) mass is 272 g/mol. The Morgan fingerprint density at radius 2 is 2.10 bits per heavy atom. The number of fused-ring (bicyclic) bond motifs is 1. The molecule has 0 fully saturated rings. The highest BCUT2D eigenvalue weighted by atomic mass is 16.4. The highest BCUT2D eigenvalue weighted by molar-refractivity contribution is 5.80. The zero-order valence-electron chi connectivity index (χ0n) is 11.0. The molecule has 0 spiro atoms. The van der Waals surface area contributed by atoms with Crippen LogP contribution in [0.2, 0.25) is 0 Å². The number of benzene rings is 1. The number of carbonyl (C=O) groups is 2. The summed E-state index contributed by atoms with van der Waals surface area (Å²) in [4.78, 5) is 24.7. The van der Waals surface area contributed by atoms with Crippen molar-refractivity contribution in [2.24, 2.45) is 0 Å². The molecule has 0 radical (unpaired) electrons. The number of carboxylic acid groups (broad SMARTS) is 1. The van der Waals surface area contributed by atoms with E-state index in [4.69, 9.17) is 6.42 Å². The smallest absolute Gasteiger partial charge is 0.321 e. The average Bonchev–Trinajstić information content (AvgIpc) is 2.44. The topological polar surface area (TPSA) is 69.6 Å². The molecular weight excluding hydrogens is 256 g/mol. The molecular formula is C15H16N2O3. The number of carboxylic acids is 1. The van der Waals surface area contributed by atoms with Gasteiger partial charge in [0.1, 0.15) is 6.04 Å². The summed E-state index contributed by atoms with van der Waals surface area (Å²) in [5.41, 5.74) is 2.09. The van der Waals surface area contributed by atoms with Crippen LogP contribution in [0.4, 0.5) is 0 Å². The van der Waals surface area contributed by atoms with Gasteiger partial charge < -0.3 is 10.4 Å². The number of carbonyl (C=O) groups excluding carboxylic acids is 1. The molecule has 5 nitrogen and oxygen atoms in total. The van der Waals surface area contributed by atoms with Crippen LogP contribution in [0.3, 0.4) is 0 Å². The van der Waals surface area contributed by atoms with Crippen LogP contribution in [0, 0.1) is 12.3 Å². The Kier molecular flexibility index (Phi) is 4.38. The van der Waals surface area contributed by atoms with E-state index in [0.29, 0.717) is 13.0 Å². The van der Waals surface area contributed by atoms with Crippen molar-refractivity contribution in [1.82, 2.24) is 10.2 Å². The number of hydrogen-bond acceptors (Lipinski definition) is 3. The number of hydrogen-bond donors (Lipinski definition) is 2. The first-order chi connectivity index (χ1) is 9.61. The van der Waals surface area contributed by atoms with Crippen LogP contribution in [0.1, 0.15) is 11.1 Å². The maximum Gasteiger partial charge on any atom is 0.321 e. The Labute approximate surface area is 117 Å². The summed E-state index contributed by atoms with van der Waals surface area (Å²) in [7, 11) is 0. The fourth-order valence-electron chi connectivity index (χ4n) is 2.38. The fourth-order valence-corrected chi connectivity index (χ4v) is 2.38. The molecule has 1 unspecified atom stereocenters. The molecule has 1 amide bonds. The highest BCUT2D eigenvalue weighted by Gasteiger charge is 2.32. The standard InChI is InChI=1S/C15H16N2O3/c1-2-7-16-14(18)10-17-9-12-6-4-3-5-11(12)8-13(17)15(19)20/h1,3-6,13H,7-10H2,(H,16,18)(H,19,20). The summed E-state index contributed by atoms with van der Waals surface area (Å²) in [5, 5.41) is 11.9. The van der Waals surface area contributed by atoms with Crippen LogP contribution in [0.15, 0.2) is 24.3 Å². The number of nitrogens with zero attached hydrogens (tertiary/aromatic N) is 1. The second kappa shape index (κ2) is 6.22. The van der Waals surface area contributed by atoms with Crippen molar-refractivity contribution in [3.05, 3.63) is 35.4 Å². The number of amides is 1. The van der Waals surface area contributed by atoms with Crippen LogP contribution in [-0.2, 0) is 22.6 Å². The molecule has 1 heterocycles. The maximum atomic E-state index is 11.7. The second-order valence-electron chi connectivity index (χ2n) is 4.71. The Morgan fingerprint density at radius 1 is 1.40 bits per heavy atom. The van der Waals surface area contributed by atoms with Crippen molar-refractivity contribution in [2.45, 2.75) is 19.0 Å². The minimum absolute atomic E-state index is 0.0347. The minimum Gasteiger partial charge on any atom is -0.480 e. The molecule has 0 aliphatic carbocycles. The van der Waals surface area contributed by atoms with Gasteiger partial charge >= 0.3 is 5.97 Å². The second-order valence-corrected chi connectivity index (χ2v) is 4.71. The van der Waals surface area contributed by atoms with Gasteiger partial charge in [-0.15, -0.1) is 6.42 Å². The molecule has 5 heteroatoms. The average molecular weight is 272 g/mol. The third-order valence-electron chi connectivity index (χ3n) is 3.37. The van der Waals surface area contributed by atoms with Gasteiger partial charge in [-0.2, -0.15) is 0 Å². The molecule has 1 aromatic carbocycles. The van der Waals surface area contributed by atoms with E-state index >= 15 is 0 Å². The number of rotatable bonds is 4. The molecule has 104 valence electrons. The zero-order valence-corrected chi connectivity index (χ0v) is 11.0. The van der Waals surface area contributed by atoms with Crippen LogP contribution in [0.25, 0.3) is 0 Å². The van der Waals surface area contributed by atoms with E-state index in [2.05, 4.69) is 11.2 Å². The molecule has 0 saturated carbocycles. The first-order valence-electron chi connectivity index (χ1n) is 6.35. The quantitative estimate of drug-likeness (QED) is 0.771. The SMILES string of the molecule is C#CCNC(=O)CN1Cc2ccccc2CC1C(=O)O. The molecule has 1 aliphatic heterocycles. The third kappa shape index (κ3) is 3.16. The lowest BCUT2D eigenvalue weighted by molar-refractivity contribution is -0.144. The van der Waals surface area contributed by atoms with E-state index in [9.17, 15) is 14.7 Å². The zero-order chi connectivity index (χ0) is 14.5. The van der Waals surface area contributed by atoms with Gasteiger partial charge in [-0.25, -0.2) is 0 Å². The molecule has 0 aromatic heterocycles. The number of aliphatic carboxylic acids is 1. The van der Waals surface area contributed by atoms with Crippen molar-refractivity contribution in [3.63, 3.8) is 0 Å². The van der Waals surface area contributed by atoms with E-state index < -0.39 is 12.0 Å². The normalized spacial score (nSPS) is 17.9. The first kappa shape index (κ1) is 14.1. The first-order valence-corrected chi connectivity index (χ1v) is 6.35. The summed E-state index contributed by atoms with van der Waals surface area (Å²) < 4.78 is 0. The van der Waals surface area contributed by atoms with Crippen LogP contribution in [-0.4, -0.2) is 41.0 Å². The molecule has 1 aliphatic rings. The number of nitrogens with one attached hydrogen (secondary N) is 1. The van der Waals surface area contributed by atoms with Gasteiger partial charge in [0.15, 0.2) is 0 Å². The van der Waals surface area contributed by atoms with Crippen molar-refractivity contribution in [2.75, 3.05) is 13.1 Å². The van der Waals surface area contributed by atoms with E-state index in [0.717, 1.165) is 11.1 Å². The van der Waals surface area contributed by atoms with Crippen LogP contribution < -0.4 is 5.32 Å². The molecule has 2 N–H and O–H groups in total. The van der Waals surface area contributed by atoms with E-state index in [1.807, 2.05) is 24.3 Å². The lowest BCUT2D eigenvalue weighted by Crippen LogP contribution is -2.49. The summed E-state index contributed by atoms with van der Waals surface area (Å²) in [5.74, 6) is 1.15. The summed E-state index contributed by atoms with van der Waals surface area (Å²) in [6, 6.07) is 7.02. The van der Waals surface area contributed by atoms with Crippen molar-refractivity contribution in [3.8, 4) is 12.3 Å². The van der Waals surface area contributed by atoms with Gasteiger partial charge in [-0.1, -0.05) is 30.2 Å². The molecule has 2 rings (SSSR count). The minimum atomic E-state index is -0.913. The molecule has 1 atom stereocenters. The number of terminal acetylenes is 1. The van der Waals surface area contributed by atoms with Crippen molar-refractivity contribution in [1.29, 1.82) is 0 Å². The Hall–Kier alpha value is -2.32. The van der Waals surface area contributed by atoms with E-state index in [1.165, 1.54) is 0 Å². The van der Waals surface area contributed by atoms with Crippen molar-refractivity contribution < 1.29 is 14.7 Å². The predicted molar refractivity (Wildman–Crippen MR) is 73.8 cm³/mol. The summed E-state index contributed by atoms with van der Waals surface area (Å²) in [6.45, 7) is 0.643. The van der Waals surface area contributed by atoms with Gasteiger partial charge in [-0.3, -0.25) is 14.5 Å². The van der Waals surface area contributed by atoms with Gasteiger partial charge in [0.2, 0.25) is 5.91 Å². The van der Waals surface area contributed by atoms with Crippen molar-refractivity contribution >= 4 is 11.9 Å². The Balaban J connectivity index is 2.12. The van der Waals surface area contributed by atoms with E-state index in [-0.39, 0.29) is 19.0 Å². The largest absolute Gasteiger partial charge is 0.480 e. The molecule has 0 saturated heterocycles. The molecule has 0 bridgehead atoms. The van der Waals surface area contributed by atoms with E-state index in [1.54, 1.807) is 4.90 Å². The van der Waals surface area contributed by atoms with Gasteiger partial charge in [0.05, 0.1) is 13.1 Å². The molecule has 1 aromatic rings. The van der Waals surface area contributed by atoms with Crippen LogP contribution in [0.5, 0.6) is 0 Å².